The number of carboxylic acids is 1. The molecule has 0 aliphatic rings. The van der Waals surface area contributed by atoms with Crippen LogP contribution in [0.2, 0.25) is 0 Å². The lowest BCUT2D eigenvalue weighted by Crippen LogP contribution is -2.39. The van der Waals surface area contributed by atoms with Crippen LogP contribution in [0.4, 0.5) is 10.5 Å². The summed E-state index contributed by atoms with van der Waals surface area (Å²) in [6.07, 6.45) is 1.36. The van der Waals surface area contributed by atoms with Gasteiger partial charge < -0.3 is 15.7 Å². The van der Waals surface area contributed by atoms with Crippen molar-refractivity contribution in [3.05, 3.63) is 24.0 Å². The summed E-state index contributed by atoms with van der Waals surface area (Å²) in [4.78, 5) is 26.3. The van der Waals surface area contributed by atoms with Gasteiger partial charge in [-0.1, -0.05) is 13.8 Å². The molecule has 98 valence electrons. The Bertz CT molecular complexity index is 446. The number of pyridine rings is 1. The molecule has 0 spiro atoms. The molecule has 1 rings (SSSR count). The van der Waals surface area contributed by atoms with Crippen LogP contribution in [-0.4, -0.2) is 28.1 Å². The number of aromatic nitrogens is 1. The molecule has 0 aliphatic heterocycles. The van der Waals surface area contributed by atoms with Crippen LogP contribution in [-0.2, 0) is 0 Å². The van der Waals surface area contributed by atoms with E-state index in [4.69, 9.17) is 5.11 Å². The summed E-state index contributed by atoms with van der Waals surface area (Å²) in [6, 6.07) is 2.62. The maximum absolute atomic E-state index is 11.7. The van der Waals surface area contributed by atoms with E-state index in [1.165, 1.54) is 12.3 Å². The standard InChI is InChI=1S/C12H17N3O3/c1-7(2)8(3)14-12(18)15-9-5-4-6-13-10(9)11(16)17/h4-8H,1-3H3,(H,16,17)(H2,14,15,18). The van der Waals surface area contributed by atoms with Gasteiger partial charge in [-0.2, -0.15) is 0 Å². The fourth-order valence-corrected chi connectivity index (χ4v) is 1.21. The molecule has 1 unspecified atom stereocenters. The number of aromatic carboxylic acids is 1. The van der Waals surface area contributed by atoms with E-state index in [1.807, 2.05) is 20.8 Å². The molecule has 18 heavy (non-hydrogen) atoms. The van der Waals surface area contributed by atoms with Gasteiger partial charge in [0.2, 0.25) is 0 Å². The number of nitrogens with one attached hydrogen (secondary N) is 2. The number of carboxylic acid groups (broad SMARTS) is 1. The van der Waals surface area contributed by atoms with Gasteiger partial charge in [0.25, 0.3) is 0 Å². The summed E-state index contributed by atoms with van der Waals surface area (Å²) in [5.74, 6) is -0.883. The van der Waals surface area contributed by atoms with E-state index < -0.39 is 12.0 Å². The first kappa shape index (κ1) is 14.0. The Morgan fingerprint density at radius 1 is 1.33 bits per heavy atom. The highest BCUT2D eigenvalue weighted by Crippen LogP contribution is 2.12. The number of hydrogen-bond donors (Lipinski definition) is 3. The van der Waals surface area contributed by atoms with E-state index in [1.54, 1.807) is 6.07 Å². The molecule has 0 saturated carbocycles. The molecule has 0 aliphatic carbocycles. The van der Waals surface area contributed by atoms with Gasteiger partial charge in [-0.3, -0.25) is 0 Å². The van der Waals surface area contributed by atoms with Crippen LogP contribution in [0.1, 0.15) is 31.3 Å². The molecule has 2 amide bonds. The van der Waals surface area contributed by atoms with Gasteiger partial charge in [-0.25, -0.2) is 14.6 Å². The lowest BCUT2D eigenvalue weighted by molar-refractivity contribution is 0.0692. The molecular weight excluding hydrogens is 234 g/mol. The third kappa shape index (κ3) is 3.73. The number of rotatable bonds is 4. The highest BCUT2D eigenvalue weighted by molar-refractivity contribution is 5.98. The quantitative estimate of drug-likeness (QED) is 0.762. The second-order valence-corrected chi connectivity index (χ2v) is 4.34. The van der Waals surface area contributed by atoms with Gasteiger partial charge in [0.05, 0.1) is 5.69 Å². The highest BCUT2D eigenvalue weighted by atomic mass is 16.4. The zero-order valence-electron chi connectivity index (χ0n) is 10.6. The molecule has 0 fully saturated rings. The van der Waals surface area contributed by atoms with Crippen LogP contribution >= 0.6 is 0 Å². The smallest absolute Gasteiger partial charge is 0.356 e. The highest BCUT2D eigenvalue weighted by Gasteiger charge is 2.15. The normalized spacial score (nSPS) is 12.0. The van der Waals surface area contributed by atoms with E-state index in [0.717, 1.165) is 0 Å². The van der Waals surface area contributed by atoms with Crippen molar-refractivity contribution in [2.45, 2.75) is 26.8 Å². The minimum Gasteiger partial charge on any atom is -0.476 e. The molecule has 0 radical (unpaired) electrons. The zero-order chi connectivity index (χ0) is 13.7. The Balaban J connectivity index is 2.73. The monoisotopic (exact) mass is 251 g/mol. The number of nitrogens with zero attached hydrogens (tertiary/aromatic N) is 1. The van der Waals surface area contributed by atoms with Crippen LogP contribution < -0.4 is 10.6 Å². The Hall–Kier alpha value is -2.11. The predicted octanol–water partition coefficient (Wildman–Crippen LogP) is 1.95. The first-order valence-electron chi connectivity index (χ1n) is 5.67. The molecule has 6 heteroatoms. The summed E-state index contributed by atoms with van der Waals surface area (Å²) in [5, 5.41) is 14.1. The lowest BCUT2D eigenvalue weighted by atomic mass is 10.1. The molecule has 0 bridgehead atoms. The zero-order valence-corrected chi connectivity index (χ0v) is 10.6. The fourth-order valence-electron chi connectivity index (χ4n) is 1.21. The van der Waals surface area contributed by atoms with Gasteiger partial charge >= 0.3 is 12.0 Å². The van der Waals surface area contributed by atoms with Gasteiger partial charge in [0.1, 0.15) is 0 Å². The van der Waals surface area contributed by atoms with Crippen molar-refractivity contribution in [2.75, 3.05) is 5.32 Å². The number of hydrogen-bond acceptors (Lipinski definition) is 3. The third-order valence-electron chi connectivity index (χ3n) is 2.62. The Morgan fingerprint density at radius 2 is 2.00 bits per heavy atom. The SMILES string of the molecule is CC(C)C(C)NC(=O)Nc1cccnc1C(=O)O. The van der Waals surface area contributed by atoms with E-state index in [9.17, 15) is 9.59 Å². The van der Waals surface area contributed by atoms with Crippen LogP contribution in [0.25, 0.3) is 0 Å². The first-order chi connectivity index (χ1) is 8.41. The molecule has 1 aromatic heterocycles. The van der Waals surface area contributed by atoms with Gasteiger partial charge in [0.15, 0.2) is 5.69 Å². The maximum atomic E-state index is 11.7. The summed E-state index contributed by atoms with van der Waals surface area (Å²) in [5.41, 5.74) is 0.00306. The summed E-state index contributed by atoms with van der Waals surface area (Å²) in [6.45, 7) is 5.85. The maximum Gasteiger partial charge on any atom is 0.356 e. The average Bonchev–Trinajstić information content (AvgIpc) is 2.28. The summed E-state index contributed by atoms with van der Waals surface area (Å²) >= 11 is 0. The molecule has 1 atom stereocenters. The minimum atomic E-state index is -1.18. The molecule has 1 aromatic rings. The van der Waals surface area contributed by atoms with Crippen molar-refractivity contribution >= 4 is 17.7 Å². The van der Waals surface area contributed by atoms with E-state index in [-0.39, 0.29) is 17.4 Å². The Kier molecular flexibility index (Phi) is 4.65. The van der Waals surface area contributed by atoms with Gasteiger partial charge in [0, 0.05) is 12.2 Å². The van der Waals surface area contributed by atoms with Crippen molar-refractivity contribution in [3.63, 3.8) is 0 Å². The van der Waals surface area contributed by atoms with Crippen molar-refractivity contribution in [3.8, 4) is 0 Å². The van der Waals surface area contributed by atoms with Gasteiger partial charge in [-0.15, -0.1) is 0 Å². The largest absolute Gasteiger partial charge is 0.476 e. The molecule has 1 heterocycles. The average molecular weight is 251 g/mol. The molecular formula is C12H17N3O3. The van der Waals surface area contributed by atoms with Crippen LogP contribution in [0.15, 0.2) is 18.3 Å². The van der Waals surface area contributed by atoms with Crippen molar-refractivity contribution in [2.24, 2.45) is 5.92 Å². The second kappa shape index (κ2) is 6.00. The van der Waals surface area contributed by atoms with Gasteiger partial charge in [-0.05, 0) is 25.0 Å². The molecule has 0 saturated heterocycles. The number of urea groups is 1. The summed E-state index contributed by atoms with van der Waals surface area (Å²) < 4.78 is 0. The Morgan fingerprint density at radius 3 is 2.56 bits per heavy atom. The first-order valence-corrected chi connectivity index (χ1v) is 5.67. The van der Waals surface area contributed by atoms with Crippen molar-refractivity contribution < 1.29 is 14.7 Å². The lowest BCUT2D eigenvalue weighted by Gasteiger charge is -2.18. The van der Waals surface area contributed by atoms with Crippen LogP contribution in [0.3, 0.4) is 0 Å². The molecule has 6 nitrogen and oxygen atoms in total. The Labute approximate surface area is 105 Å². The molecule has 0 aromatic carbocycles. The minimum absolute atomic E-state index is 0.00468. The number of carbonyl (C=O) groups excluding carboxylic acids is 1. The second-order valence-electron chi connectivity index (χ2n) is 4.34. The van der Waals surface area contributed by atoms with E-state index in [2.05, 4.69) is 15.6 Å². The van der Waals surface area contributed by atoms with Crippen LogP contribution in [0, 0.1) is 5.92 Å². The van der Waals surface area contributed by atoms with E-state index >= 15 is 0 Å². The summed E-state index contributed by atoms with van der Waals surface area (Å²) in [7, 11) is 0. The van der Waals surface area contributed by atoms with Crippen LogP contribution in [0.5, 0.6) is 0 Å². The van der Waals surface area contributed by atoms with Crippen molar-refractivity contribution in [1.82, 2.24) is 10.3 Å². The topological polar surface area (TPSA) is 91.3 Å². The number of carbonyl (C=O) groups is 2. The fraction of sp³-hybridized carbons (Fsp3) is 0.417. The number of anilines is 1. The van der Waals surface area contributed by atoms with Crippen molar-refractivity contribution in [1.29, 1.82) is 0 Å². The van der Waals surface area contributed by atoms with E-state index in [0.29, 0.717) is 5.92 Å². The number of amides is 2. The predicted molar refractivity (Wildman–Crippen MR) is 67.7 cm³/mol. The molecule has 3 N–H and O–H groups in total. The third-order valence-corrected chi connectivity index (χ3v) is 2.62.